The first-order valence-electron chi connectivity index (χ1n) is 11.1. The smallest absolute Gasteiger partial charge is 0.327 e. The Balaban J connectivity index is 1.42. The average molecular weight is 526 g/mol. The van der Waals surface area contributed by atoms with E-state index in [4.69, 9.17) is 0 Å². The SMILES string of the molecule is C[C@H](CSC(=O)c1ccccc1)C(=O)N[C@@H](CSCc1ccc(Sc2ccccc2)cc1)C(=O)O. The van der Waals surface area contributed by atoms with Crippen LogP contribution in [0.25, 0.3) is 0 Å². The molecule has 0 heterocycles. The van der Waals surface area contributed by atoms with Crippen LogP contribution in [0.3, 0.4) is 0 Å². The predicted octanol–water partition coefficient (Wildman–Crippen LogP) is 5.85. The highest BCUT2D eigenvalue weighted by Crippen LogP contribution is 2.28. The summed E-state index contributed by atoms with van der Waals surface area (Å²) in [4.78, 5) is 38.7. The third kappa shape index (κ3) is 9.12. The minimum absolute atomic E-state index is 0.108. The van der Waals surface area contributed by atoms with Crippen molar-refractivity contribution >= 4 is 52.3 Å². The number of rotatable bonds is 12. The Morgan fingerprint density at radius 3 is 2.06 bits per heavy atom. The third-order valence-corrected chi connectivity index (χ3v) is 8.28. The second-order valence-corrected chi connectivity index (χ2v) is 11.0. The molecule has 5 nitrogen and oxygen atoms in total. The molecule has 0 fully saturated rings. The van der Waals surface area contributed by atoms with E-state index in [0.29, 0.717) is 11.3 Å². The molecule has 0 unspecified atom stereocenters. The van der Waals surface area contributed by atoms with E-state index in [1.54, 1.807) is 43.0 Å². The highest BCUT2D eigenvalue weighted by Gasteiger charge is 2.23. The lowest BCUT2D eigenvalue weighted by molar-refractivity contribution is -0.141. The highest BCUT2D eigenvalue weighted by molar-refractivity contribution is 8.14. The van der Waals surface area contributed by atoms with Crippen LogP contribution in [0.4, 0.5) is 0 Å². The molecule has 0 aliphatic heterocycles. The Morgan fingerprint density at radius 2 is 1.43 bits per heavy atom. The molecule has 0 saturated carbocycles. The fraction of sp³-hybridized carbons (Fsp3) is 0.222. The van der Waals surface area contributed by atoms with Gasteiger partial charge in [-0.05, 0) is 29.8 Å². The topological polar surface area (TPSA) is 83.5 Å². The van der Waals surface area contributed by atoms with Gasteiger partial charge in [0, 0.05) is 38.5 Å². The molecule has 2 N–H and O–H groups in total. The molecule has 3 aromatic rings. The number of thioether (sulfide) groups is 2. The van der Waals surface area contributed by atoms with Gasteiger partial charge in [0.25, 0.3) is 0 Å². The molecular weight excluding hydrogens is 499 g/mol. The van der Waals surface area contributed by atoms with Gasteiger partial charge < -0.3 is 10.4 Å². The molecule has 35 heavy (non-hydrogen) atoms. The Hall–Kier alpha value is -2.68. The fourth-order valence-corrected chi connectivity index (χ4v) is 5.70. The minimum Gasteiger partial charge on any atom is -0.480 e. The van der Waals surface area contributed by atoms with E-state index in [1.807, 2.05) is 36.4 Å². The second kappa shape index (κ2) is 14.0. The molecule has 0 aromatic heterocycles. The normalized spacial score (nSPS) is 12.5. The molecule has 1 amide bonds. The maximum Gasteiger partial charge on any atom is 0.327 e. The van der Waals surface area contributed by atoms with Crippen LogP contribution in [0.5, 0.6) is 0 Å². The van der Waals surface area contributed by atoms with E-state index in [-0.39, 0.29) is 22.5 Å². The van der Waals surface area contributed by atoms with Gasteiger partial charge >= 0.3 is 5.97 Å². The van der Waals surface area contributed by atoms with Crippen molar-refractivity contribution in [1.82, 2.24) is 5.32 Å². The number of benzene rings is 3. The first-order valence-corrected chi connectivity index (χ1v) is 14.0. The maximum atomic E-state index is 12.5. The summed E-state index contributed by atoms with van der Waals surface area (Å²) in [6, 6.07) is 26.2. The maximum absolute atomic E-state index is 12.5. The second-order valence-electron chi connectivity index (χ2n) is 7.84. The fourth-order valence-electron chi connectivity index (χ4n) is 3.00. The summed E-state index contributed by atoms with van der Waals surface area (Å²) < 4.78 is 0. The van der Waals surface area contributed by atoms with Crippen molar-refractivity contribution in [2.45, 2.75) is 28.5 Å². The molecule has 2 atom stereocenters. The van der Waals surface area contributed by atoms with Crippen molar-refractivity contribution in [2.75, 3.05) is 11.5 Å². The summed E-state index contributed by atoms with van der Waals surface area (Å²) in [7, 11) is 0. The summed E-state index contributed by atoms with van der Waals surface area (Å²) in [5.41, 5.74) is 1.67. The van der Waals surface area contributed by atoms with Crippen molar-refractivity contribution in [1.29, 1.82) is 0 Å². The molecule has 182 valence electrons. The van der Waals surface area contributed by atoms with Crippen LogP contribution in [-0.4, -0.2) is 39.6 Å². The van der Waals surface area contributed by atoms with Crippen LogP contribution in [-0.2, 0) is 15.3 Å². The van der Waals surface area contributed by atoms with Crippen LogP contribution >= 0.6 is 35.3 Å². The number of amides is 1. The van der Waals surface area contributed by atoms with Crippen LogP contribution in [0.15, 0.2) is 94.7 Å². The number of hydrogen-bond acceptors (Lipinski definition) is 6. The summed E-state index contributed by atoms with van der Waals surface area (Å²) >= 11 is 4.21. The molecule has 8 heteroatoms. The van der Waals surface area contributed by atoms with Gasteiger partial charge in [-0.3, -0.25) is 9.59 Å². The van der Waals surface area contributed by atoms with Gasteiger partial charge in [0.15, 0.2) is 0 Å². The quantitative estimate of drug-likeness (QED) is 0.307. The number of carboxylic acid groups (broad SMARTS) is 1. The Morgan fingerprint density at radius 1 is 0.829 bits per heavy atom. The molecule has 0 bridgehead atoms. The van der Waals surface area contributed by atoms with Crippen LogP contribution in [0.2, 0.25) is 0 Å². The molecule has 3 rings (SSSR count). The Kier molecular flexibility index (Phi) is 10.8. The summed E-state index contributed by atoms with van der Waals surface area (Å²) in [6.45, 7) is 1.70. The zero-order chi connectivity index (χ0) is 25.0. The van der Waals surface area contributed by atoms with Crippen molar-refractivity contribution < 1.29 is 19.5 Å². The average Bonchev–Trinajstić information content (AvgIpc) is 2.88. The van der Waals surface area contributed by atoms with E-state index in [9.17, 15) is 19.5 Å². The summed E-state index contributed by atoms with van der Waals surface area (Å²) in [6.07, 6.45) is 0. The summed E-state index contributed by atoms with van der Waals surface area (Å²) in [5.74, 6) is -0.743. The molecule has 0 aliphatic carbocycles. The van der Waals surface area contributed by atoms with E-state index in [1.165, 1.54) is 16.7 Å². The molecular formula is C27H27NO4S3. The van der Waals surface area contributed by atoms with Crippen LogP contribution < -0.4 is 5.32 Å². The van der Waals surface area contributed by atoms with E-state index in [0.717, 1.165) is 22.2 Å². The van der Waals surface area contributed by atoms with Crippen molar-refractivity contribution in [3.8, 4) is 0 Å². The Bertz CT molecular complexity index is 1110. The third-order valence-electron chi connectivity index (χ3n) is 4.99. The van der Waals surface area contributed by atoms with Crippen LogP contribution in [0, 0.1) is 5.92 Å². The predicted molar refractivity (Wildman–Crippen MR) is 145 cm³/mol. The lowest BCUT2D eigenvalue weighted by atomic mass is 10.2. The first-order chi connectivity index (χ1) is 16.9. The highest BCUT2D eigenvalue weighted by atomic mass is 32.2. The van der Waals surface area contributed by atoms with Crippen molar-refractivity contribution in [3.63, 3.8) is 0 Å². The van der Waals surface area contributed by atoms with Gasteiger partial charge in [-0.2, -0.15) is 11.8 Å². The standard InChI is InChI=1S/C27H27NO4S3/c1-19(16-34-27(32)21-8-4-2-5-9-21)25(29)28-24(26(30)31)18-33-17-20-12-14-23(15-13-20)35-22-10-6-3-7-11-22/h2-15,19,24H,16-18H2,1H3,(H,28,29)(H,30,31)/t19-,24+/m1/s1. The van der Waals surface area contributed by atoms with Gasteiger partial charge in [0.2, 0.25) is 11.0 Å². The Labute approximate surface area is 218 Å². The lowest BCUT2D eigenvalue weighted by Gasteiger charge is -2.17. The number of hydrogen-bond donors (Lipinski definition) is 2. The number of aliphatic carboxylic acids is 1. The van der Waals surface area contributed by atoms with Gasteiger partial charge in [0.05, 0.1) is 0 Å². The zero-order valence-corrected chi connectivity index (χ0v) is 21.7. The number of carbonyl (C=O) groups is 3. The van der Waals surface area contributed by atoms with E-state index < -0.39 is 17.9 Å². The summed E-state index contributed by atoms with van der Waals surface area (Å²) in [5, 5.41) is 12.1. The largest absolute Gasteiger partial charge is 0.480 e. The molecule has 0 spiro atoms. The lowest BCUT2D eigenvalue weighted by Crippen LogP contribution is -2.45. The van der Waals surface area contributed by atoms with Crippen molar-refractivity contribution in [3.05, 3.63) is 96.1 Å². The first kappa shape index (κ1) is 26.9. The molecule has 0 saturated heterocycles. The monoisotopic (exact) mass is 525 g/mol. The minimum atomic E-state index is -1.07. The molecule has 3 aromatic carbocycles. The van der Waals surface area contributed by atoms with E-state index >= 15 is 0 Å². The number of carbonyl (C=O) groups excluding carboxylic acids is 2. The zero-order valence-electron chi connectivity index (χ0n) is 19.3. The number of nitrogens with one attached hydrogen (secondary N) is 1. The van der Waals surface area contributed by atoms with E-state index in [2.05, 4.69) is 29.6 Å². The molecule has 0 aliphatic rings. The van der Waals surface area contributed by atoms with Crippen LogP contribution in [0.1, 0.15) is 22.8 Å². The van der Waals surface area contributed by atoms with Gasteiger partial charge in [-0.25, -0.2) is 4.79 Å². The van der Waals surface area contributed by atoms with Gasteiger partial charge in [-0.15, -0.1) is 0 Å². The van der Waals surface area contributed by atoms with Crippen molar-refractivity contribution in [2.24, 2.45) is 5.92 Å². The molecule has 0 radical (unpaired) electrons. The van der Waals surface area contributed by atoms with Gasteiger partial charge in [0.1, 0.15) is 6.04 Å². The van der Waals surface area contributed by atoms with Gasteiger partial charge in [-0.1, -0.05) is 91.1 Å². The number of carboxylic acids is 1.